The lowest BCUT2D eigenvalue weighted by atomic mass is 9.99. The summed E-state index contributed by atoms with van der Waals surface area (Å²) in [5, 5.41) is 0. The van der Waals surface area contributed by atoms with E-state index in [9.17, 15) is 4.79 Å². The summed E-state index contributed by atoms with van der Waals surface area (Å²) in [7, 11) is 0. The van der Waals surface area contributed by atoms with Crippen LogP contribution < -0.4 is 10.5 Å². The van der Waals surface area contributed by atoms with Gasteiger partial charge in [0.05, 0.1) is 19.3 Å². The number of carbonyl (C=O) groups excluding carboxylic acids is 1. The van der Waals surface area contributed by atoms with Crippen molar-refractivity contribution < 1.29 is 14.3 Å². The molecule has 0 spiro atoms. The van der Waals surface area contributed by atoms with E-state index < -0.39 is 6.04 Å². The van der Waals surface area contributed by atoms with Crippen molar-refractivity contribution in [2.75, 3.05) is 13.2 Å². The number of nitrogens with two attached hydrogens (primary N) is 1. The Bertz CT molecular complexity index is 945. The van der Waals surface area contributed by atoms with Crippen LogP contribution in [0.1, 0.15) is 22.7 Å². The lowest BCUT2D eigenvalue weighted by molar-refractivity contribution is -0.148. The SMILES string of the molecule is NC1CN(C(COCc2ccccc2)c2ccc(OCc3ccccc3)cc2)C1=O. The predicted molar refractivity (Wildman–Crippen MR) is 116 cm³/mol. The van der Waals surface area contributed by atoms with Crippen LogP contribution in [0.15, 0.2) is 84.9 Å². The Hall–Kier alpha value is -3.15. The van der Waals surface area contributed by atoms with Crippen molar-refractivity contribution in [2.24, 2.45) is 5.73 Å². The molecule has 2 unspecified atom stereocenters. The first kappa shape index (κ1) is 20.1. The number of nitrogens with zero attached hydrogens (tertiary/aromatic N) is 1. The molecule has 0 radical (unpaired) electrons. The second kappa shape index (κ2) is 9.57. The molecule has 3 aromatic carbocycles. The van der Waals surface area contributed by atoms with Gasteiger partial charge >= 0.3 is 0 Å². The smallest absolute Gasteiger partial charge is 0.241 e. The first-order chi connectivity index (χ1) is 14.7. The molecular formula is C25H26N2O3. The predicted octanol–water partition coefficient (Wildman–Crippen LogP) is 3.69. The zero-order chi connectivity index (χ0) is 20.8. The Kier molecular flexibility index (Phi) is 6.42. The highest BCUT2D eigenvalue weighted by molar-refractivity contribution is 5.88. The van der Waals surface area contributed by atoms with E-state index in [-0.39, 0.29) is 11.9 Å². The zero-order valence-electron chi connectivity index (χ0n) is 16.8. The topological polar surface area (TPSA) is 64.8 Å². The maximum absolute atomic E-state index is 12.3. The molecule has 1 heterocycles. The van der Waals surface area contributed by atoms with Crippen LogP contribution in [0, 0.1) is 0 Å². The van der Waals surface area contributed by atoms with Crippen molar-refractivity contribution in [3.63, 3.8) is 0 Å². The third-order valence-electron chi connectivity index (χ3n) is 5.27. The maximum atomic E-state index is 12.3. The molecule has 0 aliphatic carbocycles. The van der Waals surface area contributed by atoms with Crippen molar-refractivity contribution >= 4 is 5.91 Å². The monoisotopic (exact) mass is 402 g/mol. The molecule has 4 rings (SSSR count). The summed E-state index contributed by atoms with van der Waals surface area (Å²) in [5.41, 5.74) is 9.05. The van der Waals surface area contributed by atoms with E-state index >= 15 is 0 Å². The lowest BCUT2D eigenvalue weighted by Gasteiger charge is -2.42. The van der Waals surface area contributed by atoms with Gasteiger partial charge in [0.15, 0.2) is 0 Å². The number of carbonyl (C=O) groups is 1. The van der Waals surface area contributed by atoms with Gasteiger partial charge in [0.25, 0.3) is 0 Å². The highest BCUT2D eigenvalue weighted by Gasteiger charge is 2.39. The van der Waals surface area contributed by atoms with Crippen LogP contribution in [-0.2, 0) is 22.7 Å². The highest BCUT2D eigenvalue weighted by Crippen LogP contribution is 2.28. The fourth-order valence-corrected chi connectivity index (χ4v) is 3.52. The zero-order valence-corrected chi connectivity index (χ0v) is 16.8. The molecule has 1 saturated heterocycles. The van der Waals surface area contributed by atoms with Crippen molar-refractivity contribution in [2.45, 2.75) is 25.3 Å². The minimum absolute atomic E-state index is 0.0345. The standard InChI is InChI=1S/C25H26N2O3/c26-23-15-27(25(23)28)24(18-29-16-19-7-3-1-4-8-19)21-11-13-22(14-12-21)30-17-20-9-5-2-6-10-20/h1-14,23-24H,15-18,26H2. The Morgan fingerprint density at radius 2 is 1.47 bits per heavy atom. The van der Waals surface area contributed by atoms with Gasteiger partial charge in [0.2, 0.25) is 5.91 Å². The largest absolute Gasteiger partial charge is 0.489 e. The molecule has 3 aromatic rings. The van der Waals surface area contributed by atoms with E-state index in [1.54, 1.807) is 4.90 Å². The number of amides is 1. The van der Waals surface area contributed by atoms with Gasteiger partial charge in [-0.15, -0.1) is 0 Å². The molecule has 1 aliphatic rings. The van der Waals surface area contributed by atoms with Gasteiger partial charge in [0, 0.05) is 6.54 Å². The van der Waals surface area contributed by atoms with E-state index in [1.807, 2.05) is 84.9 Å². The average molecular weight is 402 g/mol. The molecule has 0 saturated carbocycles. The van der Waals surface area contributed by atoms with Gasteiger partial charge in [0.1, 0.15) is 18.4 Å². The summed E-state index contributed by atoms with van der Waals surface area (Å²) in [4.78, 5) is 14.0. The minimum Gasteiger partial charge on any atom is -0.489 e. The fourth-order valence-electron chi connectivity index (χ4n) is 3.52. The van der Waals surface area contributed by atoms with Crippen LogP contribution in [0.4, 0.5) is 0 Å². The van der Waals surface area contributed by atoms with E-state index in [0.717, 1.165) is 22.4 Å². The van der Waals surface area contributed by atoms with Gasteiger partial charge in [-0.25, -0.2) is 0 Å². The fraction of sp³-hybridized carbons (Fsp3) is 0.240. The molecule has 0 aromatic heterocycles. The van der Waals surface area contributed by atoms with E-state index in [1.165, 1.54) is 0 Å². The lowest BCUT2D eigenvalue weighted by Crippen LogP contribution is -2.62. The average Bonchev–Trinajstić information content (AvgIpc) is 2.81. The maximum Gasteiger partial charge on any atom is 0.241 e. The van der Waals surface area contributed by atoms with E-state index in [2.05, 4.69) is 0 Å². The number of hydrogen-bond donors (Lipinski definition) is 1. The van der Waals surface area contributed by atoms with Gasteiger partial charge in [-0.05, 0) is 28.8 Å². The third kappa shape index (κ3) is 4.87. The highest BCUT2D eigenvalue weighted by atomic mass is 16.5. The molecule has 5 nitrogen and oxygen atoms in total. The number of likely N-dealkylation sites (tertiary alicyclic amines) is 1. The van der Waals surface area contributed by atoms with Crippen LogP contribution in [0.25, 0.3) is 0 Å². The van der Waals surface area contributed by atoms with E-state index in [0.29, 0.717) is 26.4 Å². The van der Waals surface area contributed by atoms with Gasteiger partial charge < -0.3 is 20.1 Å². The molecule has 1 fully saturated rings. The quantitative estimate of drug-likeness (QED) is 0.555. The second-order valence-electron chi connectivity index (χ2n) is 7.46. The van der Waals surface area contributed by atoms with Gasteiger partial charge in [-0.3, -0.25) is 4.79 Å². The second-order valence-corrected chi connectivity index (χ2v) is 7.46. The first-order valence-electron chi connectivity index (χ1n) is 10.1. The summed E-state index contributed by atoms with van der Waals surface area (Å²) >= 11 is 0. The molecule has 2 N–H and O–H groups in total. The molecule has 0 bridgehead atoms. The van der Waals surface area contributed by atoms with Crippen LogP contribution in [0.2, 0.25) is 0 Å². The van der Waals surface area contributed by atoms with Crippen molar-refractivity contribution in [3.8, 4) is 5.75 Å². The molecular weight excluding hydrogens is 376 g/mol. The van der Waals surface area contributed by atoms with Crippen molar-refractivity contribution in [3.05, 3.63) is 102 Å². The summed E-state index contributed by atoms with van der Waals surface area (Å²) in [6.45, 7) is 1.98. The molecule has 5 heteroatoms. The summed E-state index contributed by atoms with van der Waals surface area (Å²) in [6, 6.07) is 27.4. The van der Waals surface area contributed by atoms with Gasteiger partial charge in [-0.2, -0.15) is 0 Å². The summed E-state index contributed by atoms with van der Waals surface area (Å²) in [5.74, 6) is 0.755. The summed E-state index contributed by atoms with van der Waals surface area (Å²) < 4.78 is 11.8. The number of β-lactam (4-membered cyclic amide) rings is 1. The Morgan fingerprint density at radius 1 is 0.867 bits per heavy atom. The van der Waals surface area contributed by atoms with Crippen molar-refractivity contribution in [1.82, 2.24) is 4.90 Å². The number of hydrogen-bond acceptors (Lipinski definition) is 4. The molecule has 1 amide bonds. The third-order valence-corrected chi connectivity index (χ3v) is 5.27. The number of ether oxygens (including phenoxy) is 2. The normalized spacial score (nSPS) is 16.8. The van der Waals surface area contributed by atoms with Crippen LogP contribution in [-0.4, -0.2) is 30.0 Å². The van der Waals surface area contributed by atoms with Crippen LogP contribution in [0.3, 0.4) is 0 Å². The Labute approximate surface area is 177 Å². The van der Waals surface area contributed by atoms with Crippen LogP contribution >= 0.6 is 0 Å². The number of rotatable bonds is 9. The summed E-state index contributed by atoms with van der Waals surface area (Å²) in [6.07, 6.45) is 0. The first-order valence-corrected chi connectivity index (χ1v) is 10.1. The molecule has 2 atom stereocenters. The minimum atomic E-state index is -0.407. The molecule has 1 aliphatic heterocycles. The van der Waals surface area contributed by atoms with E-state index in [4.69, 9.17) is 15.2 Å². The van der Waals surface area contributed by atoms with Crippen molar-refractivity contribution in [1.29, 1.82) is 0 Å². The number of benzene rings is 3. The Balaban J connectivity index is 1.40. The van der Waals surface area contributed by atoms with Crippen LogP contribution in [0.5, 0.6) is 5.75 Å². The van der Waals surface area contributed by atoms with Gasteiger partial charge in [-0.1, -0.05) is 72.8 Å². The molecule has 154 valence electrons. The molecule has 30 heavy (non-hydrogen) atoms. The Morgan fingerprint density at radius 3 is 2.03 bits per heavy atom.